The lowest BCUT2D eigenvalue weighted by Gasteiger charge is -2.10. The van der Waals surface area contributed by atoms with Crippen LogP contribution in [0.4, 0.5) is 0 Å². The van der Waals surface area contributed by atoms with Crippen molar-refractivity contribution in [3.8, 4) is 11.3 Å². The minimum absolute atomic E-state index is 0.851. The van der Waals surface area contributed by atoms with Gasteiger partial charge in [0.05, 0.1) is 11.9 Å². The third-order valence-electron chi connectivity index (χ3n) is 2.98. The standard InChI is InChI=1S/C14H19N3/c1-4-17-14(12(9-15-3)10-16-17)13-8-6-5-7-11(13)2/h5-8,10,15H,4,9H2,1-3H3. The Bertz CT molecular complexity index is 500. The van der Waals surface area contributed by atoms with Crippen molar-refractivity contribution in [1.82, 2.24) is 15.1 Å². The van der Waals surface area contributed by atoms with E-state index in [0.29, 0.717) is 0 Å². The van der Waals surface area contributed by atoms with Crippen LogP contribution in [-0.2, 0) is 13.1 Å². The molecule has 0 unspecified atom stereocenters. The van der Waals surface area contributed by atoms with Crippen LogP contribution < -0.4 is 5.32 Å². The van der Waals surface area contributed by atoms with Crippen molar-refractivity contribution in [1.29, 1.82) is 0 Å². The smallest absolute Gasteiger partial charge is 0.0729 e. The maximum atomic E-state index is 4.45. The van der Waals surface area contributed by atoms with Crippen molar-refractivity contribution in [2.75, 3.05) is 7.05 Å². The summed E-state index contributed by atoms with van der Waals surface area (Å²) in [6, 6.07) is 8.46. The van der Waals surface area contributed by atoms with Crippen molar-refractivity contribution in [2.45, 2.75) is 26.9 Å². The Morgan fingerprint density at radius 1 is 1.29 bits per heavy atom. The van der Waals surface area contributed by atoms with Crippen LogP contribution in [0.25, 0.3) is 11.3 Å². The van der Waals surface area contributed by atoms with E-state index in [4.69, 9.17) is 0 Å². The molecule has 1 aromatic heterocycles. The van der Waals surface area contributed by atoms with Gasteiger partial charge >= 0.3 is 0 Å². The van der Waals surface area contributed by atoms with E-state index >= 15 is 0 Å². The van der Waals surface area contributed by atoms with Gasteiger partial charge in [-0.3, -0.25) is 4.68 Å². The molecule has 2 rings (SSSR count). The molecule has 1 heterocycles. The number of benzene rings is 1. The Balaban J connectivity index is 2.56. The predicted octanol–water partition coefficient (Wildman–Crippen LogP) is 2.60. The van der Waals surface area contributed by atoms with Gasteiger partial charge in [-0.2, -0.15) is 5.10 Å². The van der Waals surface area contributed by atoms with E-state index < -0.39 is 0 Å². The summed E-state index contributed by atoms with van der Waals surface area (Å²) in [5.41, 5.74) is 5.06. The van der Waals surface area contributed by atoms with E-state index in [2.05, 4.69) is 53.2 Å². The van der Waals surface area contributed by atoms with Crippen LogP contribution in [0.5, 0.6) is 0 Å². The van der Waals surface area contributed by atoms with Crippen LogP contribution in [-0.4, -0.2) is 16.8 Å². The zero-order chi connectivity index (χ0) is 12.3. The molecule has 1 aromatic carbocycles. The molecule has 0 saturated heterocycles. The Kier molecular flexibility index (Phi) is 3.59. The Hall–Kier alpha value is -1.61. The predicted molar refractivity (Wildman–Crippen MR) is 70.8 cm³/mol. The Labute approximate surface area is 102 Å². The van der Waals surface area contributed by atoms with Gasteiger partial charge in [0.25, 0.3) is 0 Å². The molecule has 17 heavy (non-hydrogen) atoms. The number of nitrogens with one attached hydrogen (secondary N) is 1. The zero-order valence-corrected chi connectivity index (χ0v) is 10.7. The molecule has 90 valence electrons. The lowest BCUT2D eigenvalue weighted by atomic mass is 10.0. The van der Waals surface area contributed by atoms with Gasteiger partial charge in [0.15, 0.2) is 0 Å². The van der Waals surface area contributed by atoms with Gasteiger partial charge in [-0.1, -0.05) is 24.3 Å². The number of aromatic nitrogens is 2. The normalized spacial score (nSPS) is 10.8. The molecule has 0 bridgehead atoms. The van der Waals surface area contributed by atoms with Gasteiger partial charge in [0, 0.05) is 24.2 Å². The lowest BCUT2D eigenvalue weighted by Crippen LogP contribution is -2.07. The van der Waals surface area contributed by atoms with Gasteiger partial charge in [0.2, 0.25) is 0 Å². The summed E-state index contributed by atoms with van der Waals surface area (Å²) in [7, 11) is 1.96. The monoisotopic (exact) mass is 229 g/mol. The minimum atomic E-state index is 0.851. The summed E-state index contributed by atoms with van der Waals surface area (Å²) in [5.74, 6) is 0. The van der Waals surface area contributed by atoms with Crippen LogP contribution >= 0.6 is 0 Å². The van der Waals surface area contributed by atoms with Gasteiger partial charge in [0.1, 0.15) is 0 Å². The summed E-state index contributed by atoms with van der Waals surface area (Å²) < 4.78 is 2.06. The van der Waals surface area contributed by atoms with Crippen LogP contribution in [0.1, 0.15) is 18.1 Å². The third-order valence-corrected chi connectivity index (χ3v) is 2.98. The molecule has 3 heteroatoms. The number of hydrogen-bond acceptors (Lipinski definition) is 2. The molecule has 1 N–H and O–H groups in total. The van der Waals surface area contributed by atoms with Gasteiger partial charge in [-0.05, 0) is 26.5 Å². The molecule has 0 saturated carbocycles. The van der Waals surface area contributed by atoms with Crippen LogP contribution in [0, 0.1) is 6.92 Å². The molecule has 0 aliphatic heterocycles. The van der Waals surface area contributed by atoms with E-state index in [-0.39, 0.29) is 0 Å². The number of nitrogens with zero attached hydrogens (tertiary/aromatic N) is 2. The molecule has 0 fully saturated rings. The Morgan fingerprint density at radius 3 is 2.71 bits per heavy atom. The highest BCUT2D eigenvalue weighted by atomic mass is 15.3. The maximum absolute atomic E-state index is 4.45. The first-order valence-electron chi connectivity index (χ1n) is 6.03. The van der Waals surface area contributed by atoms with E-state index in [1.807, 2.05) is 13.2 Å². The van der Waals surface area contributed by atoms with E-state index in [0.717, 1.165) is 13.1 Å². The Morgan fingerprint density at radius 2 is 2.06 bits per heavy atom. The topological polar surface area (TPSA) is 29.9 Å². The minimum Gasteiger partial charge on any atom is -0.316 e. The molecule has 3 nitrogen and oxygen atoms in total. The van der Waals surface area contributed by atoms with Crippen LogP contribution in [0.15, 0.2) is 30.5 Å². The van der Waals surface area contributed by atoms with Crippen molar-refractivity contribution in [2.24, 2.45) is 0 Å². The SMILES string of the molecule is CCn1ncc(CNC)c1-c1ccccc1C. The number of hydrogen-bond donors (Lipinski definition) is 1. The van der Waals surface area contributed by atoms with E-state index in [1.54, 1.807) is 0 Å². The van der Waals surface area contributed by atoms with Crippen molar-refractivity contribution in [3.05, 3.63) is 41.6 Å². The molecule has 2 aromatic rings. The van der Waals surface area contributed by atoms with Gasteiger partial charge in [-0.25, -0.2) is 0 Å². The molecular formula is C14H19N3. The number of aryl methyl sites for hydroxylation is 2. The largest absolute Gasteiger partial charge is 0.316 e. The highest BCUT2D eigenvalue weighted by Gasteiger charge is 2.12. The van der Waals surface area contributed by atoms with Gasteiger partial charge < -0.3 is 5.32 Å². The molecule has 0 amide bonds. The first kappa shape index (κ1) is 11.9. The summed E-state index contributed by atoms with van der Waals surface area (Å²) in [6.07, 6.45) is 1.96. The van der Waals surface area contributed by atoms with Crippen LogP contribution in [0.2, 0.25) is 0 Å². The summed E-state index contributed by atoms with van der Waals surface area (Å²) in [5, 5.41) is 7.65. The summed E-state index contributed by atoms with van der Waals surface area (Å²) in [6.45, 7) is 6.01. The highest BCUT2D eigenvalue weighted by molar-refractivity contribution is 5.67. The molecule has 0 atom stereocenters. The fraction of sp³-hybridized carbons (Fsp3) is 0.357. The zero-order valence-electron chi connectivity index (χ0n) is 10.7. The molecule has 0 aliphatic carbocycles. The number of rotatable bonds is 4. The molecule has 0 spiro atoms. The maximum Gasteiger partial charge on any atom is 0.0729 e. The van der Waals surface area contributed by atoms with Crippen LogP contribution in [0.3, 0.4) is 0 Å². The average Bonchev–Trinajstić information content (AvgIpc) is 2.73. The fourth-order valence-electron chi connectivity index (χ4n) is 2.13. The van der Waals surface area contributed by atoms with Crippen molar-refractivity contribution < 1.29 is 0 Å². The lowest BCUT2D eigenvalue weighted by molar-refractivity contribution is 0.666. The third kappa shape index (κ3) is 2.24. The summed E-state index contributed by atoms with van der Waals surface area (Å²) >= 11 is 0. The fourth-order valence-corrected chi connectivity index (χ4v) is 2.13. The second-order valence-electron chi connectivity index (χ2n) is 4.18. The molecule has 0 radical (unpaired) electrons. The first-order chi connectivity index (χ1) is 8.27. The van der Waals surface area contributed by atoms with E-state index in [9.17, 15) is 0 Å². The molecule has 0 aliphatic rings. The van der Waals surface area contributed by atoms with Gasteiger partial charge in [-0.15, -0.1) is 0 Å². The molecular weight excluding hydrogens is 210 g/mol. The quantitative estimate of drug-likeness (QED) is 0.873. The first-order valence-corrected chi connectivity index (χ1v) is 6.03. The second kappa shape index (κ2) is 5.15. The highest BCUT2D eigenvalue weighted by Crippen LogP contribution is 2.26. The average molecular weight is 229 g/mol. The van der Waals surface area contributed by atoms with Crippen molar-refractivity contribution in [3.63, 3.8) is 0 Å². The van der Waals surface area contributed by atoms with E-state index in [1.165, 1.54) is 22.4 Å². The second-order valence-corrected chi connectivity index (χ2v) is 4.18. The summed E-state index contributed by atoms with van der Waals surface area (Å²) in [4.78, 5) is 0. The van der Waals surface area contributed by atoms with Crippen molar-refractivity contribution >= 4 is 0 Å².